The lowest BCUT2D eigenvalue weighted by Crippen LogP contribution is -2.51. The first-order valence-corrected chi connectivity index (χ1v) is 5.94. The zero-order valence-corrected chi connectivity index (χ0v) is 10.2. The maximum atomic E-state index is 13.3. The van der Waals surface area contributed by atoms with Crippen molar-refractivity contribution in [3.05, 3.63) is 17.2 Å². The van der Waals surface area contributed by atoms with Crippen LogP contribution in [0.2, 0.25) is 0 Å². The Morgan fingerprint density at radius 3 is 3.00 bits per heavy atom. The highest BCUT2D eigenvalue weighted by molar-refractivity contribution is 5.36. The Kier molecular flexibility index (Phi) is 2.88. The molecule has 110 valence electrons. The molecule has 0 unspecified atom stereocenters. The minimum absolute atomic E-state index is 0.0986. The van der Waals surface area contributed by atoms with E-state index in [1.807, 2.05) is 0 Å². The van der Waals surface area contributed by atoms with E-state index in [4.69, 9.17) is 15.6 Å². The molecule has 0 aromatic carbocycles. The van der Waals surface area contributed by atoms with Crippen LogP contribution in [-0.2, 0) is 4.74 Å². The van der Waals surface area contributed by atoms with E-state index < -0.39 is 24.6 Å². The molecule has 1 aromatic rings. The van der Waals surface area contributed by atoms with E-state index in [1.165, 1.54) is 10.9 Å². The van der Waals surface area contributed by atoms with Crippen LogP contribution in [0.4, 0.5) is 8.78 Å². The summed E-state index contributed by atoms with van der Waals surface area (Å²) in [6, 6.07) is 0. The molecule has 8 nitrogen and oxygen atoms in total. The predicted molar refractivity (Wildman–Crippen MR) is 60.3 cm³/mol. The van der Waals surface area contributed by atoms with E-state index in [9.17, 15) is 13.9 Å². The molecule has 0 spiro atoms. The van der Waals surface area contributed by atoms with Crippen LogP contribution in [0.25, 0.3) is 5.82 Å². The van der Waals surface area contributed by atoms with Crippen molar-refractivity contribution >= 4 is 5.82 Å². The van der Waals surface area contributed by atoms with E-state index in [0.717, 1.165) is 0 Å². The van der Waals surface area contributed by atoms with Crippen molar-refractivity contribution in [2.45, 2.75) is 31.0 Å². The third-order valence-corrected chi connectivity index (χ3v) is 3.25. The Morgan fingerprint density at radius 1 is 1.60 bits per heavy atom. The molecule has 3 heterocycles. The van der Waals surface area contributed by atoms with Crippen LogP contribution in [0.15, 0.2) is 11.3 Å². The van der Waals surface area contributed by atoms with Gasteiger partial charge in [0.2, 0.25) is 0 Å². The van der Waals surface area contributed by atoms with Gasteiger partial charge in [-0.2, -0.15) is 13.8 Å². The number of fused-ring (bicyclic) bond motifs is 1. The van der Waals surface area contributed by atoms with Gasteiger partial charge >= 0.3 is 6.17 Å². The number of rotatable bonds is 2. The summed E-state index contributed by atoms with van der Waals surface area (Å²) < 4.78 is 33.4. The molecule has 0 bridgehead atoms. The molecule has 3 atom stereocenters. The number of nitrogens with zero attached hydrogens (tertiary/aromatic N) is 3. The zero-order valence-electron chi connectivity index (χ0n) is 10.2. The molecule has 1 aromatic heterocycles. The van der Waals surface area contributed by atoms with Crippen molar-refractivity contribution in [2.24, 2.45) is 10.7 Å². The van der Waals surface area contributed by atoms with Gasteiger partial charge in [0.05, 0.1) is 19.0 Å². The Morgan fingerprint density at radius 2 is 2.35 bits per heavy atom. The highest BCUT2D eigenvalue weighted by Gasteiger charge is 2.37. The van der Waals surface area contributed by atoms with Crippen molar-refractivity contribution in [2.75, 3.05) is 6.61 Å². The standard InChI is InChI=1S/C10H13F2N5O3/c11-10(12)15-8(13)7-9(16-10)17(3-14-7)6-1-4(19)5(2-18)20-6/h3-6,15,18-19H,1-2,13H2/t4-,5+,6+/m0/s1. The molecule has 0 amide bonds. The molecular formula is C10H13F2N5O3. The third kappa shape index (κ3) is 2.01. The highest BCUT2D eigenvalue weighted by Crippen LogP contribution is 2.27. The first kappa shape index (κ1) is 13.2. The number of aromatic nitrogens is 2. The number of nitrogens with one attached hydrogen (secondary N) is 1. The number of hydrogen-bond acceptors (Lipinski definition) is 7. The van der Waals surface area contributed by atoms with Crippen molar-refractivity contribution in [1.82, 2.24) is 14.9 Å². The van der Waals surface area contributed by atoms with Crippen LogP contribution < -0.4 is 21.9 Å². The number of nitrogens with two attached hydrogens (primary N) is 1. The molecule has 0 aliphatic carbocycles. The maximum Gasteiger partial charge on any atom is 0.432 e. The van der Waals surface area contributed by atoms with Gasteiger partial charge < -0.3 is 20.7 Å². The molecule has 2 aliphatic rings. The van der Waals surface area contributed by atoms with Crippen LogP contribution >= 0.6 is 0 Å². The normalized spacial score (nSPS) is 31.6. The minimum Gasteiger partial charge on any atom is -0.394 e. The lowest BCUT2D eigenvalue weighted by molar-refractivity contribution is -0.0482. The van der Waals surface area contributed by atoms with E-state index in [0.29, 0.717) is 0 Å². The van der Waals surface area contributed by atoms with E-state index in [2.05, 4.69) is 9.98 Å². The second-order valence-electron chi connectivity index (χ2n) is 4.63. The minimum atomic E-state index is -3.53. The molecule has 5 N–H and O–H groups in total. The molecule has 3 rings (SSSR count). The quantitative estimate of drug-likeness (QED) is 0.441. The van der Waals surface area contributed by atoms with Crippen LogP contribution in [0.5, 0.6) is 0 Å². The molecule has 1 saturated heterocycles. The van der Waals surface area contributed by atoms with Gasteiger partial charge in [-0.3, -0.25) is 9.88 Å². The predicted octanol–water partition coefficient (Wildman–Crippen LogP) is -2.68. The smallest absolute Gasteiger partial charge is 0.394 e. The summed E-state index contributed by atoms with van der Waals surface area (Å²) in [6.45, 7) is -0.363. The van der Waals surface area contributed by atoms with Crippen LogP contribution in [0.1, 0.15) is 12.6 Å². The topological polar surface area (TPSA) is 118 Å². The SMILES string of the molecule is NC1=c2ncn([C@H]3C[C@H](O)[C@@H](CO)O3)c2=NC(F)(F)N1. The number of aliphatic hydroxyl groups is 2. The number of imidazole rings is 1. The third-order valence-electron chi connectivity index (χ3n) is 3.25. The van der Waals surface area contributed by atoms with Gasteiger partial charge in [0.15, 0.2) is 5.49 Å². The Labute approximate surface area is 111 Å². The maximum absolute atomic E-state index is 13.3. The summed E-state index contributed by atoms with van der Waals surface area (Å²) in [5.41, 5.74) is 5.35. The Balaban J connectivity index is 2.05. The highest BCUT2D eigenvalue weighted by atomic mass is 19.3. The fraction of sp³-hybridized carbons (Fsp3) is 0.600. The molecule has 0 radical (unpaired) electrons. The van der Waals surface area contributed by atoms with E-state index in [1.54, 1.807) is 5.32 Å². The summed E-state index contributed by atoms with van der Waals surface area (Å²) in [6.07, 6.45) is -4.50. The summed E-state index contributed by atoms with van der Waals surface area (Å²) in [5, 5.41) is 20.5. The monoisotopic (exact) mass is 289 g/mol. The zero-order chi connectivity index (χ0) is 14.5. The van der Waals surface area contributed by atoms with Crippen LogP contribution in [0, 0.1) is 0 Å². The second-order valence-corrected chi connectivity index (χ2v) is 4.63. The molecular weight excluding hydrogens is 276 g/mol. The summed E-state index contributed by atoms with van der Waals surface area (Å²) in [7, 11) is 0. The fourth-order valence-corrected chi connectivity index (χ4v) is 2.30. The van der Waals surface area contributed by atoms with Gasteiger partial charge in [-0.15, -0.1) is 0 Å². The Bertz CT molecular complexity index is 646. The Hall–Kier alpha value is -1.78. The lowest BCUT2D eigenvalue weighted by atomic mass is 10.2. The number of halogens is 2. The first-order chi connectivity index (χ1) is 9.41. The summed E-state index contributed by atoms with van der Waals surface area (Å²) in [5.74, 6) is -0.281. The van der Waals surface area contributed by atoms with Gasteiger partial charge in [0.25, 0.3) is 0 Å². The van der Waals surface area contributed by atoms with Gasteiger partial charge in [-0.05, 0) is 0 Å². The number of alkyl halides is 2. The second kappa shape index (κ2) is 4.36. The number of ether oxygens (including phenoxy) is 1. The van der Waals surface area contributed by atoms with E-state index >= 15 is 0 Å². The molecule has 1 fully saturated rings. The van der Waals surface area contributed by atoms with Crippen molar-refractivity contribution in [3.8, 4) is 0 Å². The average Bonchev–Trinajstić information content (AvgIpc) is 2.91. The molecule has 2 aliphatic heterocycles. The first-order valence-electron chi connectivity index (χ1n) is 5.94. The summed E-state index contributed by atoms with van der Waals surface area (Å²) in [4.78, 5) is 7.15. The van der Waals surface area contributed by atoms with Crippen LogP contribution in [-0.4, -0.2) is 44.7 Å². The van der Waals surface area contributed by atoms with E-state index in [-0.39, 0.29) is 29.7 Å². The van der Waals surface area contributed by atoms with Crippen molar-refractivity contribution in [1.29, 1.82) is 0 Å². The van der Waals surface area contributed by atoms with Gasteiger partial charge in [-0.1, -0.05) is 0 Å². The molecule has 20 heavy (non-hydrogen) atoms. The van der Waals surface area contributed by atoms with Crippen molar-refractivity contribution < 1.29 is 23.7 Å². The lowest BCUT2D eigenvalue weighted by Gasteiger charge is -2.18. The number of hydrogen-bond donors (Lipinski definition) is 4. The van der Waals surface area contributed by atoms with Gasteiger partial charge in [0.1, 0.15) is 23.5 Å². The molecule has 0 saturated carbocycles. The molecule has 10 heteroatoms. The summed E-state index contributed by atoms with van der Waals surface area (Å²) >= 11 is 0. The van der Waals surface area contributed by atoms with Crippen molar-refractivity contribution in [3.63, 3.8) is 0 Å². The fourth-order valence-electron chi connectivity index (χ4n) is 2.30. The van der Waals surface area contributed by atoms with Gasteiger partial charge in [0, 0.05) is 6.42 Å². The van der Waals surface area contributed by atoms with Crippen LogP contribution in [0.3, 0.4) is 0 Å². The number of aliphatic hydroxyl groups excluding tert-OH is 2. The van der Waals surface area contributed by atoms with Gasteiger partial charge in [-0.25, -0.2) is 4.98 Å². The largest absolute Gasteiger partial charge is 0.432 e. The average molecular weight is 289 g/mol.